The van der Waals surface area contributed by atoms with E-state index in [1.54, 1.807) is 12.1 Å². The third-order valence-electron chi connectivity index (χ3n) is 2.76. The fourth-order valence-corrected chi connectivity index (χ4v) is 2.10. The van der Waals surface area contributed by atoms with Crippen LogP contribution in [0.2, 0.25) is 5.02 Å². The van der Waals surface area contributed by atoms with Gasteiger partial charge in [0, 0.05) is 26.2 Å². The van der Waals surface area contributed by atoms with Crippen LogP contribution in [0.5, 0.6) is 0 Å². The molecule has 82 valence electrons. The first-order valence-electron chi connectivity index (χ1n) is 5.06. The Morgan fingerprint density at radius 1 is 1.20 bits per heavy atom. The van der Waals surface area contributed by atoms with Crippen LogP contribution in [0, 0.1) is 5.82 Å². The Morgan fingerprint density at radius 3 is 2.47 bits per heavy atom. The summed E-state index contributed by atoms with van der Waals surface area (Å²) in [5, 5.41) is 0.500. The van der Waals surface area contributed by atoms with E-state index in [1.165, 1.54) is 6.07 Å². The Morgan fingerprint density at radius 2 is 1.87 bits per heavy atom. The lowest BCUT2D eigenvalue weighted by Crippen LogP contribution is -2.44. The third-order valence-corrected chi connectivity index (χ3v) is 3.06. The van der Waals surface area contributed by atoms with Crippen molar-refractivity contribution in [3.8, 4) is 0 Å². The van der Waals surface area contributed by atoms with Crippen LogP contribution < -0.4 is 4.90 Å². The molecule has 1 saturated heterocycles. The highest BCUT2D eigenvalue weighted by Gasteiger charge is 2.19. The summed E-state index contributed by atoms with van der Waals surface area (Å²) in [6.45, 7) is 3.56. The number of nitrogens with zero attached hydrogens (tertiary/aromatic N) is 2. The van der Waals surface area contributed by atoms with Crippen molar-refractivity contribution >= 4 is 17.3 Å². The summed E-state index contributed by atoms with van der Waals surface area (Å²) >= 11 is 6.00. The van der Waals surface area contributed by atoms with E-state index >= 15 is 0 Å². The fourth-order valence-electron chi connectivity index (χ4n) is 1.82. The first kappa shape index (κ1) is 10.7. The molecule has 1 aromatic carbocycles. The van der Waals surface area contributed by atoms with Gasteiger partial charge in [0.2, 0.25) is 0 Å². The molecule has 1 aromatic rings. The molecule has 1 aliphatic heterocycles. The van der Waals surface area contributed by atoms with Crippen molar-refractivity contribution < 1.29 is 4.39 Å². The Bertz CT molecular complexity index is 328. The number of halogens is 2. The summed E-state index contributed by atoms with van der Waals surface area (Å²) in [5.74, 6) is -0.230. The van der Waals surface area contributed by atoms with Gasteiger partial charge < -0.3 is 9.80 Å². The standard InChI is InChI=1S/C11H14ClFN2/c1-14-5-7-15(8-6-14)11-9(12)3-2-4-10(11)13/h2-4H,5-8H2,1H3. The third kappa shape index (κ3) is 2.24. The van der Waals surface area contributed by atoms with Crippen molar-refractivity contribution in [1.82, 2.24) is 4.90 Å². The summed E-state index contributed by atoms with van der Waals surface area (Å²) in [6.07, 6.45) is 0. The highest BCUT2D eigenvalue weighted by molar-refractivity contribution is 6.33. The minimum absolute atomic E-state index is 0.230. The zero-order chi connectivity index (χ0) is 10.8. The Kier molecular flexibility index (Phi) is 3.12. The maximum atomic E-state index is 13.6. The normalized spacial score (nSPS) is 18.2. The van der Waals surface area contributed by atoms with Gasteiger partial charge in [-0.15, -0.1) is 0 Å². The van der Waals surface area contributed by atoms with Gasteiger partial charge in [-0.2, -0.15) is 0 Å². The largest absolute Gasteiger partial charge is 0.365 e. The highest BCUT2D eigenvalue weighted by atomic mass is 35.5. The maximum absolute atomic E-state index is 13.6. The molecule has 0 bridgehead atoms. The number of likely N-dealkylation sites (N-methyl/N-ethyl adjacent to an activating group) is 1. The molecule has 15 heavy (non-hydrogen) atoms. The Labute approximate surface area is 94.2 Å². The SMILES string of the molecule is CN1CCN(c2c(F)cccc2Cl)CC1. The predicted molar refractivity (Wildman–Crippen MR) is 61.1 cm³/mol. The van der Waals surface area contributed by atoms with Crippen LogP contribution in [0.15, 0.2) is 18.2 Å². The summed E-state index contributed by atoms with van der Waals surface area (Å²) < 4.78 is 13.6. The molecule has 2 rings (SSSR count). The van der Waals surface area contributed by atoms with Crippen LogP contribution in [0.3, 0.4) is 0 Å². The van der Waals surface area contributed by atoms with E-state index in [2.05, 4.69) is 11.9 Å². The van der Waals surface area contributed by atoms with Crippen LogP contribution in [0.4, 0.5) is 10.1 Å². The van der Waals surface area contributed by atoms with Crippen LogP contribution >= 0.6 is 11.6 Å². The molecule has 0 radical (unpaired) electrons. The molecule has 0 spiro atoms. The van der Waals surface area contributed by atoms with E-state index in [4.69, 9.17) is 11.6 Å². The number of hydrogen-bond acceptors (Lipinski definition) is 2. The summed E-state index contributed by atoms with van der Waals surface area (Å²) in [4.78, 5) is 4.24. The van der Waals surface area contributed by atoms with E-state index in [-0.39, 0.29) is 5.82 Å². The van der Waals surface area contributed by atoms with Crippen LogP contribution in [-0.2, 0) is 0 Å². The molecule has 1 fully saturated rings. The number of para-hydroxylation sites is 1. The molecule has 0 saturated carbocycles. The van der Waals surface area contributed by atoms with E-state index in [9.17, 15) is 4.39 Å². The average Bonchev–Trinajstić information content (AvgIpc) is 2.20. The number of anilines is 1. The van der Waals surface area contributed by atoms with Crippen molar-refractivity contribution in [1.29, 1.82) is 0 Å². The molecule has 0 aliphatic carbocycles. The fraction of sp³-hybridized carbons (Fsp3) is 0.455. The van der Waals surface area contributed by atoms with Gasteiger partial charge in [0.15, 0.2) is 0 Å². The molecule has 0 aromatic heterocycles. The molecule has 1 aliphatic rings. The van der Waals surface area contributed by atoms with Gasteiger partial charge in [0.1, 0.15) is 5.82 Å². The second-order valence-corrected chi connectivity index (χ2v) is 4.27. The lowest BCUT2D eigenvalue weighted by molar-refractivity contribution is 0.311. The van der Waals surface area contributed by atoms with Gasteiger partial charge in [-0.25, -0.2) is 4.39 Å². The van der Waals surface area contributed by atoms with Gasteiger partial charge in [-0.1, -0.05) is 17.7 Å². The quantitative estimate of drug-likeness (QED) is 0.728. The van der Waals surface area contributed by atoms with Gasteiger partial charge in [-0.3, -0.25) is 0 Å². The van der Waals surface area contributed by atoms with E-state index in [1.807, 2.05) is 4.90 Å². The predicted octanol–water partition coefficient (Wildman–Crippen LogP) is 2.23. The smallest absolute Gasteiger partial charge is 0.148 e. The van der Waals surface area contributed by atoms with E-state index in [0.717, 1.165) is 26.2 Å². The number of hydrogen-bond donors (Lipinski definition) is 0. The summed E-state index contributed by atoms with van der Waals surface area (Å²) in [6, 6.07) is 4.83. The molecule has 0 unspecified atom stereocenters. The van der Waals surface area contributed by atoms with Crippen molar-refractivity contribution in [3.63, 3.8) is 0 Å². The van der Waals surface area contributed by atoms with Crippen LogP contribution in [-0.4, -0.2) is 38.1 Å². The minimum Gasteiger partial charge on any atom is -0.365 e. The zero-order valence-corrected chi connectivity index (χ0v) is 9.47. The van der Waals surface area contributed by atoms with Crippen molar-refractivity contribution in [2.75, 3.05) is 38.1 Å². The van der Waals surface area contributed by atoms with E-state index < -0.39 is 0 Å². The lowest BCUT2D eigenvalue weighted by Gasteiger charge is -2.34. The summed E-state index contributed by atoms with van der Waals surface area (Å²) in [5.41, 5.74) is 0.548. The number of piperazine rings is 1. The highest BCUT2D eigenvalue weighted by Crippen LogP contribution is 2.29. The molecule has 1 heterocycles. The van der Waals surface area contributed by atoms with Gasteiger partial charge >= 0.3 is 0 Å². The molecule has 0 N–H and O–H groups in total. The van der Waals surface area contributed by atoms with Gasteiger partial charge in [-0.05, 0) is 19.2 Å². The van der Waals surface area contributed by atoms with Gasteiger partial charge in [0.05, 0.1) is 10.7 Å². The average molecular weight is 229 g/mol. The minimum atomic E-state index is -0.230. The molecule has 4 heteroatoms. The first-order valence-corrected chi connectivity index (χ1v) is 5.44. The molecule has 2 nitrogen and oxygen atoms in total. The van der Waals surface area contributed by atoms with Crippen LogP contribution in [0.25, 0.3) is 0 Å². The van der Waals surface area contributed by atoms with Crippen LogP contribution in [0.1, 0.15) is 0 Å². The number of benzene rings is 1. The van der Waals surface area contributed by atoms with Crippen molar-refractivity contribution in [2.45, 2.75) is 0 Å². The maximum Gasteiger partial charge on any atom is 0.148 e. The molecular formula is C11H14ClFN2. The lowest BCUT2D eigenvalue weighted by atomic mass is 10.2. The monoisotopic (exact) mass is 228 g/mol. The zero-order valence-electron chi connectivity index (χ0n) is 8.71. The summed E-state index contributed by atoms with van der Waals surface area (Å²) in [7, 11) is 2.07. The Hall–Kier alpha value is -0.800. The molecule has 0 atom stereocenters. The second-order valence-electron chi connectivity index (χ2n) is 3.86. The Balaban J connectivity index is 2.22. The first-order chi connectivity index (χ1) is 7.18. The molecule has 0 amide bonds. The number of rotatable bonds is 1. The molecular weight excluding hydrogens is 215 g/mol. The second kappa shape index (κ2) is 4.37. The van der Waals surface area contributed by atoms with Gasteiger partial charge in [0.25, 0.3) is 0 Å². The topological polar surface area (TPSA) is 6.48 Å². The van der Waals surface area contributed by atoms with E-state index in [0.29, 0.717) is 10.7 Å². The van der Waals surface area contributed by atoms with Crippen molar-refractivity contribution in [3.05, 3.63) is 29.0 Å². The van der Waals surface area contributed by atoms with Crippen molar-refractivity contribution in [2.24, 2.45) is 0 Å².